The lowest BCUT2D eigenvalue weighted by Crippen LogP contribution is -2.29. The van der Waals surface area contributed by atoms with Crippen LogP contribution < -0.4 is 5.32 Å². The monoisotopic (exact) mass is 388 g/mol. The number of benzene rings is 3. The first-order chi connectivity index (χ1) is 14.0. The van der Waals surface area contributed by atoms with Crippen molar-refractivity contribution in [3.8, 4) is 0 Å². The smallest absolute Gasteiger partial charge is 0.261 e. The highest BCUT2D eigenvalue weighted by molar-refractivity contribution is 6.21. The van der Waals surface area contributed by atoms with Crippen LogP contribution in [0.2, 0.25) is 0 Å². The highest BCUT2D eigenvalue weighted by Crippen LogP contribution is 2.24. The third-order valence-corrected chi connectivity index (χ3v) is 4.83. The van der Waals surface area contributed by atoms with E-state index in [4.69, 9.17) is 0 Å². The first-order valence-corrected chi connectivity index (χ1v) is 9.10. The van der Waals surface area contributed by atoms with E-state index in [2.05, 4.69) is 5.32 Å². The number of imide groups is 1. The van der Waals surface area contributed by atoms with Crippen LogP contribution in [0.5, 0.6) is 0 Å². The molecular formula is C23H17FN2O3. The molecular weight excluding hydrogens is 371 g/mol. The maximum atomic E-state index is 13.6. The van der Waals surface area contributed by atoms with Crippen LogP contribution in [0.3, 0.4) is 0 Å². The summed E-state index contributed by atoms with van der Waals surface area (Å²) in [7, 11) is 0. The van der Waals surface area contributed by atoms with Gasteiger partial charge in [-0.15, -0.1) is 0 Å². The van der Waals surface area contributed by atoms with E-state index >= 15 is 0 Å². The van der Waals surface area contributed by atoms with Gasteiger partial charge in [0.1, 0.15) is 5.82 Å². The van der Waals surface area contributed by atoms with Crippen LogP contribution in [-0.4, -0.2) is 22.6 Å². The van der Waals surface area contributed by atoms with Crippen molar-refractivity contribution in [2.45, 2.75) is 13.1 Å². The van der Waals surface area contributed by atoms with Crippen LogP contribution in [0.25, 0.3) is 0 Å². The Morgan fingerprint density at radius 3 is 2.03 bits per heavy atom. The highest BCUT2D eigenvalue weighted by atomic mass is 19.1. The number of nitrogens with one attached hydrogen (secondary N) is 1. The molecule has 0 aliphatic carbocycles. The minimum atomic E-state index is -0.371. The van der Waals surface area contributed by atoms with Gasteiger partial charge in [-0.05, 0) is 35.9 Å². The summed E-state index contributed by atoms with van der Waals surface area (Å²) in [6.45, 7) is 0.214. The lowest BCUT2D eigenvalue weighted by molar-refractivity contribution is 0.0641. The topological polar surface area (TPSA) is 66.5 Å². The zero-order chi connectivity index (χ0) is 20.4. The molecule has 1 heterocycles. The fraction of sp³-hybridized carbons (Fsp3) is 0.0870. The summed E-state index contributed by atoms with van der Waals surface area (Å²) in [4.78, 5) is 38.4. The Bertz CT molecular complexity index is 1070. The molecule has 0 fully saturated rings. The molecule has 0 aromatic heterocycles. The zero-order valence-corrected chi connectivity index (χ0v) is 15.4. The van der Waals surface area contributed by atoms with Gasteiger partial charge >= 0.3 is 0 Å². The summed E-state index contributed by atoms with van der Waals surface area (Å²) >= 11 is 0. The molecule has 1 N–H and O–H groups in total. The van der Waals surface area contributed by atoms with Gasteiger partial charge in [-0.1, -0.05) is 42.5 Å². The van der Waals surface area contributed by atoms with Crippen molar-refractivity contribution in [3.05, 3.63) is 106 Å². The maximum Gasteiger partial charge on any atom is 0.261 e. The fourth-order valence-corrected chi connectivity index (χ4v) is 3.25. The van der Waals surface area contributed by atoms with Crippen LogP contribution in [0.4, 0.5) is 4.39 Å². The number of amides is 3. The van der Waals surface area contributed by atoms with Crippen LogP contribution in [0.1, 0.15) is 42.2 Å². The van der Waals surface area contributed by atoms with Gasteiger partial charge in [-0.2, -0.15) is 0 Å². The zero-order valence-electron chi connectivity index (χ0n) is 15.4. The van der Waals surface area contributed by atoms with Crippen molar-refractivity contribution in [2.75, 3.05) is 0 Å². The van der Waals surface area contributed by atoms with Gasteiger partial charge in [-0.25, -0.2) is 4.39 Å². The molecule has 0 spiro atoms. The number of halogens is 1. The summed E-state index contributed by atoms with van der Waals surface area (Å²) in [6.07, 6.45) is 0. The first-order valence-electron chi connectivity index (χ1n) is 9.10. The largest absolute Gasteiger partial charge is 0.348 e. The lowest BCUT2D eigenvalue weighted by atomic mass is 10.1. The Balaban J connectivity index is 1.41. The average Bonchev–Trinajstić information content (AvgIpc) is 2.98. The van der Waals surface area contributed by atoms with Crippen molar-refractivity contribution in [1.82, 2.24) is 10.2 Å². The van der Waals surface area contributed by atoms with E-state index in [-0.39, 0.29) is 36.6 Å². The number of hydrogen-bond acceptors (Lipinski definition) is 3. The summed E-state index contributed by atoms with van der Waals surface area (Å²) in [5.41, 5.74) is 2.35. The van der Waals surface area contributed by atoms with Gasteiger partial charge in [0.25, 0.3) is 17.7 Å². The summed E-state index contributed by atoms with van der Waals surface area (Å²) < 4.78 is 13.6. The van der Waals surface area contributed by atoms with Gasteiger partial charge < -0.3 is 5.32 Å². The Morgan fingerprint density at radius 2 is 1.41 bits per heavy atom. The minimum absolute atomic E-state index is 0.0856. The van der Waals surface area contributed by atoms with E-state index in [1.54, 1.807) is 66.7 Å². The molecule has 6 heteroatoms. The molecule has 3 amide bonds. The number of carbonyl (C=O) groups is 3. The van der Waals surface area contributed by atoms with Gasteiger partial charge in [0.05, 0.1) is 17.7 Å². The lowest BCUT2D eigenvalue weighted by Gasteiger charge is -2.14. The minimum Gasteiger partial charge on any atom is -0.348 e. The molecule has 0 saturated heterocycles. The van der Waals surface area contributed by atoms with E-state index in [1.807, 2.05) is 0 Å². The van der Waals surface area contributed by atoms with Crippen LogP contribution in [-0.2, 0) is 13.1 Å². The van der Waals surface area contributed by atoms with Crippen LogP contribution >= 0.6 is 0 Å². The van der Waals surface area contributed by atoms with E-state index in [0.29, 0.717) is 22.3 Å². The van der Waals surface area contributed by atoms with Gasteiger partial charge in [0, 0.05) is 17.7 Å². The molecule has 3 aromatic carbocycles. The van der Waals surface area contributed by atoms with Crippen molar-refractivity contribution < 1.29 is 18.8 Å². The van der Waals surface area contributed by atoms with Crippen molar-refractivity contribution in [3.63, 3.8) is 0 Å². The number of fused-ring (bicyclic) bond motifs is 1. The highest BCUT2D eigenvalue weighted by Gasteiger charge is 2.34. The molecule has 0 saturated carbocycles. The maximum absolute atomic E-state index is 13.6. The molecule has 0 atom stereocenters. The summed E-state index contributed by atoms with van der Waals surface area (Å²) in [5.74, 6) is -1.35. The molecule has 1 aliphatic heterocycles. The number of carbonyl (C=O) groups excluding carboxylic acids is 3. The SMILES string of the molecule is O=C(NCc1ccccc1F)c1ccc(CN2C(=O)c3ccccc3C2=O)cc1. The van der Waals surface area contributed by atoms with Gasteiger partial charge in [0.15, 0.2) is 0 Å². The molecule has 0 unspecified atom stereocenters. The van der Waals surface area contributed by atoms with E-state index in [1.165, 1.54) is 11.0 Å². The molecule has 0 bridgehead atoms. The van der Waals surface area contributed by atoms with E-state index in [0.717, 1.165) is 5.56 Å². The van der Waals surface area contributed by atoms with Crippen molar-refractivity contribution >= 4 is 17.7 Å². The van der Waals surface area contributed by atoms with Gasteiger partial charge in [-0.3, -0.25) is 19.3 Å². The summed E-state index contributed by atoms with van der Waals surface area (Å²) in [6, 6.07) is 19.6. The molecule has 5 nitrogen and oxygen atoms in total. The predicted octanol–water partition coefficient (Wildman–Crippen LogP) is 3.55. The Hall–Kier alpha value is -3.80. The quantitative estimate of drug-likeness (QED) is 0.680. The third kappa shape index (κ3) is 3.65. The average molecular weight is 388 g/mol. The van der Waals surface area contributed by atoms with Crippen molar-refractivity contribution in [2.24, 2.45) is 0 Å². The van der Waals surface area contributed by atoms with Crippen LogP contribution in [0.15, 0.2) is 72.8 Å². The second-order valence-electron chi connectivity index (χ2n) is 6.71. The standard InChI is InChI=1S/C23H17FN2O3/c24-20-8-4-1-5-17(20)13-25-21(27)16-11-9-15(10-12-16)14-26-22(28)18-6-2-3-7-19(18)23(26)29/h1-12H,13-14H2,(H,25,27). The molecule has 1 aliphatic rings. The normalized spacial score (nSPS) is 12.8. The fourth-order valence-electron chi connectivity index (χ4n) is 3.25. The summed E-state index contributed by atoms with van der Waals surface area (Å²) in [5, 5.41) is 2.68. The predicted molar refractivity (Wildman–Crippen MR) is 105 cm³/mol. The number of hydrogen-bond donors (Lipinski definition) is 1. The second kappa shape index (κ2) is 7.67. The van der Waals surface area contributed by atoms with E-state index in [9.17, 15) is 18.8 Å². The first kappa shape index (κ1) is 18.6. The number of rotatable bonds is 5. The molecule has 4 rings (SSSR count). The molecule has 0 radical (unpaired) electrons. The van der Waals surface area contributed by atoms with E-state index < -0.39 is 0 Å². The Kier molecular flexibility index (Phi) is 4.91. The third-order valence-electron chi connectivity index (χ3n) is 4.83. The number of nitrogens with zero attached hydrogens (tertiary/aromatic N) is 1. The van der Waals surface area contributed by atoms with Crippen LogP contribution in [0, 0.1) is 5.82 Å². The molecule has 144 valence electrons. The Morgan fingerprint density at radius 1 is 0.828 bits per heavy atom. The van der Waals surface area contributed by atoms with Gasteiger partial charge in [0.2, 0.25) is 0 Å². The van der Waals surface area contributed by atoms with Crippen molar-refractivity contribution in [1.29, 1.82) is 0 Å². The molecule has 29 heavy (non-hydrogen) atoms. The molecule has 3 aromatic rings. The Labute approximate surface area is 166 Å². The second-order valence-corrected chi connectivity index (χ2v) is 6.71.